The number of carbonyl (C=O) groups excluding carboxylic acids is 1. The predicted molar refractivity (Wildman–Crippen MR) is 147 cm³/mol. The Morgan fingerprint density at radius 2 is 1.72 bits per heavy atom. The quantitative estimate of drug-likeness (QED) is 0.309. The molecule has 2 aromatic carbocycles. The molecule has 1 aliphatic carbocycles. The van der Waals surface area contributed by atoms with Crippen LogP contribution >= 0.6 is 11.6 Å². The number of aromatic nitrogens is 2. The highest BCUT2D eigenvalue weighted by molar-refractivity contribution is 6.28. The number of benzene rings is 2. The van der Waals surface area contributed by atoms with Gasteiger partial charge < -0.3 is 15.5 Å². The van der Waals surface area contributed by atoms with Gasteiger partial charge in [-0.1, -0.05) is 31.0 Å². The zero-order valence-electron chi connectivity index (χ0n) is 21.6. The molecule has 2 atom stereocenters. The van der Waals surface area contributed by atoms with Gasteiger partial charge in [0, 0.05) is 30.2 Å². The molecule has 5 rings (SSSR count). The van der Waals surface area contributed by atoms with Gasteiger partial charge in [0.25, 0.3) is 0 Å². The van der Waals surface area contributed by atoms with Crippen molar-refractivity contribution in [1.29, 1.82) is 0 Å². The molecule has 39 heavy (non-hydrogen) atoms. The van der Waals surface area contributed by atoms with Crippen LogP contribution < -0.4 is 15.5 Å². The van der Waals surface area contributed by atoms with Crippen LogP contribution in [-0.4, -0.2) is 28.5 Å². The minimum atomic E-state index is -4.50. The molecule has 6 nitrogen and oxygen atoms in total. The maximum atomic E-state index is 13.6. The third kappa shape index (κ3) is 6.30. The second-order valence-electron chi connectivity index (χ2n) is 10.3. The number of amides is 1. The lowest BCUT2D eigenvalue weighted by Gasteiger charge is -2.41. The monoisotopic (exact) mass is 557 g/mol. The Balaban J connectivity index is 1.45. The minimum absolute atomic E-state index is 0.105. The van der Waals surface area contributed by atoms with Gasteiger partial charge in [0.2, 0.25) is 11.2 Å². The lowest BCUT2D eigenvalue weighted by Crippen LogP contribution is -2.44. The molecule has 0 spiro atoms. The van der Waals surface area contributed by atoms with Crippen molar-refractivity contribution in [2.75, 3.05) is 22.1 Å². The van der Waals surface area contributed by atoms with E-state index in [0.717, 1.165) is 30.2 Å². The van der Waals surface area contributed by atoms with Crippen molar-refractivity contribution in [3.63, 3.8) is 0 Å². The zero-order chi connectivity index (χ0) is 27.6. The average Bonchev–Trinajstić information content (AvgIpc) is 3.42. The average molecular weight is 558 g/mol. The molecular weight excluding hydrogens is 527 g/mol. The van der Waals surface area contributed by atoms with Crippen LogP contribution in [0.5, 0.6) is 0 Å². The van der Waals surface area contributed by atoms with E-state index in [0.29, 0.717) is 31.2 Å². The van der Waals surface area contributed by atoms with Crippen molar-refractivity contribution in [2.45, 2.75) is 63.7 Å². The number of alkyl halides is 3. The number of hydrogen-bond donors (Lipinski definition) is 2. The zero-order valence-corrected chi connectivity index (χ0v) is 22.4. The third-order valence-electron chi connectivity index (χ3n) is 7.66. The normalized spacial score (nSPS) is 20.2. The molecule has 206 valence electrons. The van der Waals surface area contributed by atoms with Gasteiger partial charge >= 0.3 is 6.18 Å². The SMILES string of the molecule is Cc1ccc(NC(=O)[C@H]2CCCN(c3ccnc(Cl)n3)[C@H]2c2ccc(NC3CCCC3)cc2)cc1C(F)(F)F. The van der Waals surface area contributed by atoms with Crippen molar-refractivity contribution in [3.8, 4) is 0 Å². The van der Waals surface area contributed by atoms with Gasteiger partial charge in [-0.15, -0.1) is 0 Å². The van der Waals surface area contributed by atoms with E-state index >= 15 is 0 Å². The van der Waals surface area contributed by atoms with E-state index in [2.05, 4.69) is 20.6 Å². The summed E-state index contributed by atoms with van der Waals surface area (Å²) in [4.78, 5) is 24.1. The van der Waals surface area contributed by atoms with Crippen molar-refractivity contribution < 1.29 is 18.0 Å². The second kappa shape index (κ2) is 11.4. The van der Waals surface area contributed by atoms with Crippen molar-refractivity contribution in [3.05, 3.63) is 76.7 Å². The van der Waals surface area contributed by atoms with Gasteiger partial charge in [0.1, 0.15) is 5.82 Å². The Kier molecular flexibility index (Phi) is 7.98. The first kappa shape index (κ1) is 27.2. The Labute approximate surface area is 231 Å². The van der Waals surface area contributed by atoms with Gasteiger partial charge in [-0.3, -0.25) is 4.79 Å². The fourth-order valence-electron chi connectivity index (χ4n) is 5.75. The number of nitrogens with one attached hydrogen (secondary N) is 2. The summed E-state index contributed by atoms with van der Waals surface area (Å²) in [6.45, 7) is 2.05. The standard InChI is InChI=1S/C29H31ClF3N5O/c1-18-8-11-22(17-24(18)29(31,32)33)36-27(39)23-7-4-16-38(25-14-15-34-28(30)37-25)26(23)19-9-12-21(13-10-19)35-20-5-2-3-6-20/h8-15,17,20,23,26,35H,2-7,16H2,1H3,(H,36,39)/t23-,26-/m0/s1. The number of hydrogen-bond acceptors (Lipinski definition) is 5. The molecule has 2 aliphatic rings. The van der Waals surface area contributed by atoms with E-state index in [4.69, 9.17) is 11.6 Å². The highest BCUT2D eigenvalue weighted by Gasteiger charge is 2.38. The number of halogens is 4. The molecule has 1 saturated carbocycles. The minimum Gasteiger partial charge on any atom is -0.382 e. The molecule has 0 bridgehead atoms. The lowest BCUT2D eigenvalue weighted by atomic mass is 9.83. The molecule has 2 heterocycles. The van der Waals surface area contributed by atoms with Crippen LogP contribution in [0.3, 0.4) is 0 Å². The van der Waals surface area contributed by atoms with E-state index in [1.165, 1.54) is 31.9 Å². The summed E-state index contributed by atoms with van der Waals surface area (Å²) in [6.07, 6.45) is 3.13. The number of rotatable bonds is 6. The van der Waals surface area contributed by atoms with Crippen LogP contribution in [0, 0.1) is 12.8 Å². The Morgan fingerprint density at radius 3 is 2.41 bits per heavy atom. The summed E-state index contributed by atoms with van der Waals surface area (Å²) in [5.74, 6) is -0.271. The Morgan fingerprint density at radius 1 is 1.00 bits per heavy atom. The van der Waals surface area contributed by atoms with E-state index in [9.17, 15) is 18.0 Å². The number of anilines is 3. The fraction of sp³-hybridized carbons (Fsp3) is 0.414. The molecule has 10 heteroatoms. The smallest absolute Gasteiger partial charge is 0.382 e. The molecular formula is C29H31ClF3N5O. The van der Waals surface area contributed by atoms with Crippen LogP contribution in [0.2, 0.25) is 5.28 Å². The number of carbonyl (C=O) groups is 1. The first-order valence-corrected chi connectivity index (χ1v) is 13.7. The summed E-state index contributed by atoms with van der Waals surface area (Å²) >= 11 is 6.10. The summed E-state index contributed by atoms with van der Waals surface area (Å²) in [7, 11) is 0. The largest absolute Gasteiger partial charge is 0.416 e. The molecule has 2 N–H and O–H groups in total. The molecule has 3 aromatic rings. The van der Waals surface area contributed by atoms with Crippen molar-refractivity contribution >= 4 is 34.7 Å². The van der Waals surface area contributed by atoms with E-state index < -0.39 is 23.7 Å². The maximum Gasteiger partial charge on any atom is 0.416 e. The van der Waals surface area contributed by atoms with Crippen LogP contribution in [-0.2, 0) is 11.0 Å². The molecule has 0 unspecified atom stereocenters. The van der Waals surface area contributed by atoms with Crippen molar-refractivity contribution in [2.24, 2.45) is 5.92 Å². The molecule has 0 radical (unpaired) electrons. The Bertz CT molecular complexity index is 1310. The number of nitrogens with zero attached hydrogens (tertiary/aromatic N) is 3. The summed E-state index contributed by atoms with van der Waals surface area (Å²) in [6, 6.07) is 13.8. The van der Waals surface area contributed by atoms with Crippen LogP contribution in [0.4, 0.5) is 30.4 Å². The van der Waals surface area contributed by atoms with Crippen LogP contribution in [0.25, 0.3) is 0 Å². The topological polar surface area (TPSA) is 70.2 Å². The number of piperidine rings is 1. The lowest BCUT2D eigenvalue weighted by molar-refractivity contribution is -0.138. The van der Waals surface area contributed by atoms with E-state index in [1.54, 1.807) is 12.3 Å². The van der Waals surface area contributed by atoms with Gasteiger partial charge in [0.15, 0.2) is 0 Å². The van der Waals surface area contributed by atoms with Crippen molar-refractivity contribution in [1.82, 2.24) is 9.97 Å². The highest BCUT2D eigenvalue weighted by Crippen LogP contribution is 2.40. The third-order valence-corrected chi connectivity index (χ3v) is 7.84. The van der Waals surface area contributed by atoms with Crippen LogP contribution in [0.1, 0.15) is 61.3 Å². The first-order valence-electron chi connectivity index (χ1n) is 13.3. The number of aryl methyl sites for hydroxylation is 1. The molecule has 2 fully saturated rings. The summed E-state index contributed by atoms with van der Waals surface area (Å²) in [5.41, 5.74) is 1.41. The van der Waals surface area contributed by atoms with Gasteiger partial charge in [-0.05, 0) is 85.7 Å². The van der Waals surface area contributed by atoms with E-state index in [1.807, 2.05) is 29.2 Å². The Hall–Kier alpha value is -3.33. The van der Waals surface area contributed by atoms with Crippen LogP contribution in [0.15, 0.2) is 54.7 Å². The van der Waals surface area contributed by atoms with Gasteiger partial charge in [0.05, 0.1) is 17.5 Å². The predicted octanol–water partition coefficient (Wildman–Crippen LogP) is 7.41. The first-order chi connectivity index (χ1) is 18.7. The maximum absolute atomic E-state index is 13.6. The molecule has 1 aliphatic heterocycles. The van der Waals surface area contributed by atoms with Gasteiger partial charge in [-0.25, -0.2) is 9.97 Å². The fourth-order valence-corrected chi connectivity index (χ4v) is 5.89. The highest BCUT2D eigenvalue weighted by atomic mass is 35.5. The molecule has 1 amide bonds. The molecule has 1 aromatic heterocycles. The van der Waals surface area contributed by atoms with Gasteiger partial charge in [-0.2, -0.15) is 13.2 Å². The second-order valence-corrected chi connectivity index (χ2v) is 10.7. The molecule has 1 saturated heterocycles. The summed E-state index contributed by atoms with van der Waals surface area (Å²) in [5, 5.41) is 6.45. The summed E-state index contributed by atoms with van der Waals surface area (Å²) < 4.78 is 40.5. The van der Waals surface area contributed by atoms with E-state index in [-0.39, 0.29) is 22.4 Å².